The molecule has 1 aliphatic rings. The summed E-state index contributed by atoms with van der Waals surface area (Å²) in [6, 6.07) is 13.5. The molecule has 1 aromatic heterocycles. The number of urea groups is 1. The number of carbonyl (C=O) groups is 4. The lowest BCUT2D eigenvalue weighted by Crippen LogP contribution is -2.56. The maximum absolute atomic E-state index is 13.0. The number of anilines is 1. The minimum Gasteiger partial charge on any atom is -0.444 e. The molecule has 11 heteroatoms. The third-order valence-corrected chi connectivity index (χ3v) is 6.22. The van der Waals surface area contributed by atoms with E-state index in [9.17, 15) is 19.2 Å². The van der Waals surface area contributed by atoms with Gasteiger partial charge in [-0.2, -0.15) is 0 Å². The molecule has 5 amide bonds. The van der Waals surface area contributed by atoms with Crippen molar-refractivity contribution in [2.24, 2.45) is 0 Å². The van der Waals surface area contributed by atoms with Gasteiger partial charge in [-0.3, -0.25) is 15.0 Å². The number of aromatic amines is 1. The Labute approximate surface area is 226 Å². The summed E-state index contributed by atoms with van der Waals surface area (Å²) in [6.45, 7) is 5.48. The van der Waals surface area contributed by atoms with E-state index in [1.54, 1.807) is 31.9 Å². The zero-order valence-electron chi connectivity index (χ0n) is 22.3. The van der Waals surface area contributed by atoms with E-state index < -0.39 is 29.7 Å². The predicted molar refractivity (Wildman–Crippen MR) is 147 cm³/mol. The van der Waals surface area contributed by atoms with Crippen molar-refractivity contribution >= 4 is 40.5 Å². The van der Waals surface area contributed by atoms with Gasteiger partial charge in [0.25, 0.3) is 5.91 Å². The highest BCUT2D eigenvalue weighted by molar-refractivity contribution is 5.97. The second-order valence-electron chi connectivity index (χ2n) is 10.3. The zero-order valence-corrected chi connectivity index (χ0v) is 22.3. The average molecular weight is 535 g/mol. The molecule has 39 heavy (non-hydrogen) atoms. The summed E-state index contributed by atoms with van der Waals surface area (Å²) in [4.78, 5) is 55.4. The van der Waals surface area contributed by atoms with Crippen LogP contribution in [0.3, 0.4) is 0 Å². The van der Waals surface area contributed by atoms with E-state index in [2.05, 4.69) is 26.5 Å². The van der Waals surface area contributed by atoms with Crippen LogP contribution in [0.2, 0.25) is 0 Å². The van der Waals surface area contributed by atoms with Crippen LogP contribution in [0.5, 0.6) is 0 Å². The van der Waals surface area contributed by atoms with Crippen molar-refractivity contribution in [2.75, 3.05) is 18.0 Å². The number of amides is 5. The first-order valence-corrected chi connectivity index (χ1v) is 12.9. The standard InChI is InChI=1S/C28H34N6O5/c1-28(2,3)39-27(38)31-22(15-19-16-29-21-12-6-5-11-20(19)21)25(36)32-33-26(37)30-17-24(35)34-14-8-10-18-9-4-7-13-23(18)34/h4-7,9,11-13,16,22,29H,8,10,14-15,17H2,1-3H3,(H,31,38)(H,32,36)(H2,30,33,37)/t22-/m0/s1. The molecule has 5 N–H and O–H groups in total. The van der Waals surface area contributed by atoms with Crippen LogP contribution >= 0.6 is 0 Å². The number of H-pyrrole nitrogens is 1. The van der Waals surface area contributed by atoms with Gasteiger partial charge in [0, 0.05) is 35.8 Å². The second-order valence-corrected chi connectivity index (χ2v) is 10.3. The van der Waals surface area contributed by atoms with E-state index in [1.807, 2.05) is 48.5 Å². The second kappa shape index (κ2) is 11.9. The van der Waals surface area contributed by atoms with Crippen LogP contribution in [0.1, 0.15) is 38.3 Å². The predicted octanol–water partition coefficient (Wildman–Crippen LogP) is 2.91. The van der Waals surface area contributed by atoms with Crippen molar-refractivity contribution in [1.82, 2.24) is 26.5 Å². The third-order valence-electron chi connectivity index (χ3n) is 6.22. The van der Waals surface area contributed by atoms with Gasteiger partial charge in [0.1, 0.15) is 11.6 Å². The molecule has 0 spiro atoms. The molecule has 0 unspecified atom stereocenters. The minimum absolute atomic E-state index is 0.144. The van der Waals surface area contributed by atoms with Crippen LogP contribution in [0, 0.1) is 0 Å². The number of nitrogens with one attached hydrogen (secondary N) is 5. The Kier molecular flexibility index (Phi) is 8.38. The van der Waals surface area contributed by atoms with Crippen molar-refractivity contribution in [3.05, 3.63) is 65.9 Å². The maximum atomic E-state index is 13.0. The average Bonchev–Trinajstić information content (AvgIpc) is 3.31. The van der Waals surface area contributed by atoms with Crippen LogP contribution in [-0.4, -0.2) is 53.7 Å². The number of hydrazine groups is 1. The number of fused-ring (bicyclic) bond motifs is 2. The maximum Gasteiger partial charge on any atom is 0.408 e. The Morgan fingerprint density at radius 2 is 1.77 bits per heavy atom. The minimum atomic E-state index is -1.05. The molecule has 206 valence electrons. The third kappa shape index (κ3) is 7.28. The van der Waals surface area contributed by atoms with E-state index in [1.165, 1.54) is 0 Å². The topological polar surface area (TPSA) is 145 Å². The molecule has 0 radical (unpaired) electrons. The molecule has 4 rings (SSSR count). The monoisotopic (exact) mass is 534 g/mol. The molecule has 3 aromatic rings. The van der Waals surface area contributed by atoms with E-state index in [-0.39, 0.29) is 18.9 Å². The SMILES string of the molecule is CC(C)(C)OC(=O)N[C@@H](Cc1c[nH]c2ccccc12)C(=O)NNC(=O)NCC(=O)N1CCCc2ccccc21. The van der Waals surface area contributed by atoms with E-state index in [4.69, 9.17) is 4.74 Å². The van der Waals surface area contributed by atoms with Gasteiger partial charge in [-0.05, 0) is 56.9 Å². The summed E-state index contributed by atoms with van der Waals surface area (Å²) in [5.41, 5.74) is 7.45. The summed E-state index contributed by atoms with van der Waals surface area (Å²) in [7, 11) is 0. The van der Waals surface area contributed by atoms with Gasteiger partial charge in [0.05, 0.1) is 6.54 Å². The quantitative estimate of drug-likeness (QED) is 0.309. The number of alkyl carbamates (subject to hydrolysis) is 1. The van der Waals surface area contributed by atoms with Crippen molar-refractivity contribution in [3.8, 4) is 0 Å². The number of aryl methyl sites for hydroxylation is 1. The molecule has 11 nitrogen and oxygen atoms in total. The fraction of sp³-hybridized carbons (Fsp3) is 0.357. The van der Waals surface area contributed by atoms with Crippen molar-refractivity contribution in [2.45, 2.75) is 51.7 Å². The van der Waals surface area contributed by atoms with Crippen molar-refractivity contribution in [1.29, 1.82) is 0 Å². The Morgan fingerprint density at radius 3 is 2.56 bits per heavy atom. The molecule has 1 aliphatic heterocycles. The number of nitrogens with zero attached hydrogens (tertiary/aromatic N) is 1. The molecule has 0 aliphatic carbocycles. The zero-order chi connectivity index (χ0) is 28.0. The number of hydrogen-bond acceptors (Lipinski definition) is 5. The van der Waals surface area contributed by atoms with Crippen molar-refractivity contribution < 1.29 is 23.9 Å². The Morgan fingerprint density at radius 1 is 1.03 bits per heavy atom. The van der Waals surface area contributed by atoms with E-state index in [0.717, 1.165) is 40.6 Å². The number of aromatic nitrogens is 1. The molecular weight excluding hydrogens is 500 g/mol. The summed E-state index contributed by atoms with van der Waals surface area (Å²) in [5.74, 6) is -0.912. The smallest absolute Gasteiger partial charge is 0.408 e. The van der Waals surface area contributed by atoms with Gasteiger partial charge in [0.15, 0.2) is 0 Å². The first-order chi connectivity index (χ1) is 18.6. The number of rotatable bonds is 6. The highest BCUT2D eigenvalue weighted by Crippen LogP contribution is 2.26. The number of carbonyl (C=O) groups excluding carboxylic acids is 4. The lowest BCUT2D eigenvalue weighted by atomic mass is 10.0. The number of benzene rings is 2. The summed E-state index contributed by atoms with van der Waals surface area (Å²) < 4.78 is 5.32. The van der Waals surface area contributed by atoms with Gasteiger partial charge >= 0.3 is 12.1 Å². The van der Waals surface area contributed by atoms with Crippen LogP contribution < -0.4 is 26.4 Å². The summed E-state index contributed by atoms with van der Waals surface area (Å²) >= 11 is 0. The van der Waals surface area contributed by atoms with Crippen LogP contribution in [0.15, 0.2) is 54.7 Å². The lowest BCUT2D eigenvalue weighted by Gasteiger charge is -2.29. The molecular formula is C28H34N6O5. The number of para-hydroxylation sites is 2. The van der Waals surface area contributed by atoms with Crippen LogP contribution in [0.4, 0.5) is 15.3 Å². The van der Waals surface area contributed by atoms with Crippen molar-refractivity contribution in [3.63, 3.8) is 0 Å². The normalized spacial score (nSPS) is 13.7. The summed E-state index contributed by atoms with van der Waals surface area (Å²) in [5, 5.41) is 5.96. The van der Waals surface area contributed by atoms with Gasteiger partial charge in [-0.1, -0.05) is 36.4 Å². The summed E-state index contributed by atoms with van der Waals surface area (Å²) in [6.07, 6.45) is 2.89. The van der Waals surface area contributed by atoms with Gasteiger partial charge in [0.2, 0.25) is 5.91 Å². The van der Waals surface area contributed by atoms with Gasteiger partial charge in [-0.15, -0.1) is 0 Å². The van der Waals surface area contributed by atoms with E-state index in [0.29, 0.717) is 6.54 Å². The molecule has 0 saturated carbocycles. The molecule has 2 aromatic carbocycles. The first kappa shape index (κ1) is 27.5. The highest BCUT2D eigenvalue weighted by Gasteiger charge is 2.26. The Bertz CT molecular complexity index is 1360. The first-order valence-electron chi connectivity index (χ1n) is 12.9. The molecule has 0 saturated heterocycles. The number of ether oxygens (including phenoxy) is 1. The van der Waals surface area contributed by atoms with E-state index >= 15 is 0 Å². The number of hydrogen-bond donors (Lipinski definition) is 5. The van der Waals surface area contributed by atoms with Gasteiger partial charge < -0.3 is 25.3 Å². The fourth-order valence-electron chi connectivity index (χ4n) is 4.47. The molecule has 2 heterocycles. The lowest BCUT2D eigenvalue weighted by molar-refractivity contribution is -0.123. The molecule has 1 atom stereocenters. The Balaban J connectivity index is 1.34. The van der Waals surface area contributed by atoms with Crippen LogP contribution in [0.25, 0.3) is 10.9 Å². The Hall–Kier alpha value is -4.54. The molecule has 0 bridgehead atoms. The molecule has 0 fully saturated rings. The van der Waals surface area contributed by atoms with Crippen LogP contribution in [-0.2, 0) is 27.2 Å². The highest BCUT2D eigenvalue weighted by atomic mass is 16.6. The van der Waals surface area contributed by atoms with Gasteiger partial charge in [-0.25, -0.2) is 15.0 Å². The fourth-order valence-corrected chi connectivity index (χ4v) is 4.47. The largest absolute Gasteiger partial charge is 0.444 e.